The summed E-state index contributed by atoms with van der Waals surface area (Å²) in [6.07, 6.45) is -2.15. The molecule has 0 aromatic carbocycles. The van der Waals surface area contributed by atoms with Gasteiger partial charge in [0.15, 0.2) is 0 Å². The Morgan fingerprint density at radius 1 is 1.20 bits per heavy atom. The Morgan fingerprint density at radius 3 is 2.51 bits per heavy atom. The Morgan fingerprint density at radius 2 is 1.93 bits per heavy atom. The number of alkyl halides is 4. The molecule has 3 aromatic rings. The Bertz CT molecular complexity index is 1560. The average Bonchev–Trinajstić information content (AvgIpc) is 2.87. The quantitative estimate of drug-likeness (QED) is 0.268. The minimum absolute atomic E-state index is 0.0343. The maximum atomic E-state index is 14.4. The van der Waals surface area contributed by atoms with E-state index in [4.69, 9.17) is 0 Å². The minimum Gasteiger partial charge on any atom is -0.336 e. The van der Waals surface area contributed by atoms with Crippen LogP contribution in [0.15, 0.2) is 35.4 Å². The summed E-state index contributed by atoms with van der Waals surface area (Å²) in [5.41, 5.74) is -0.288. The molecule has 1 aliphatic carbocycles. The van der Waals surface area contributed by atoms with Gasteiger partial charge in [0, 0.05) is 24.0 Å². The maximum absolute atomic E-state index is 14.4. The van der Waals surface area contributed by atoms with E-state index in [1.165, 1.54) is 16.7 Å². The monoisotopic (exact) mass is 599 g/mol. The Labute approximate surface area is 235 Å². The summed E-state index contributed by atoms with van der Waals surface area (Å²) < 4.78 is 79.3. The van der Waals surface area contributed by atoms with Crippen molar-refractivity contribution in [3.05, 3.63) is 40.9 Å². The molecule has 2 N–H and O–H groups in total. The summed E-state index contributed by atoms with van der Waals surface area (Å²) in [6.45, 7) is 3.64. The lowest BCUT2D eigenvalue weighted by Crippen LogP contribution is -2.54. The third-order valence-corrected chi connectivity index (χ3v) is 8.41. The van der Waals surface area contributed by atoms with Crippen LogP contribution in [0.2, 0.25) is 0 Å². The van der Waals surface area contributed by atoms with Gasteiger partial charge in [0.1, 0.15) is 11.8 Å². The van der Waals surface area contributed by atoms with Crippen molar-refractivity contribution in [2.75, 3.05) is 29.9 Å². The average molecular weight is 600 g/mol. The van der Waals surface area contributed by atoms with E-state index in [0.717, 1.165) is 6.20 Å². The van der Waals surface area contributed by atoms with Gasteiger partial charge < -0.3 is 5.32 Å². The van der Waals surface area contributed by atoms with E-state index in [2.05, 4.69) is 25.0 Å². The lowest BCUT2D eigenvalue weighted by Gasteiger charge is -2.44. The zero-order chi connectivity index (χ0) is 30.2. The second-order valence-electron chi connectivity index (χ2n) is 10.8. The number of pyridine rings is 2. The number of nitrogens with one attached hydrogen (secondary N) is 2. The number of rotatable bonds is 9. The summed E-state index contributed by atoms with van der Waals surface area (Å²) in [5.74, 6) is -0.856. The zero-order valence-corrected chi connectivity index (χ0v) is 24.0. The van der Waals surface area contributed by atoms with Gasteiger partial charge in [-0.1, -0.05) is 0 Å². The first-order valence-electron chi connectivity index (χ1n) is 13.1. The van der Waals surface area contributed by atoms with Gasteiger partial charge in [0.25, 0.3) is 5.56 Å². The van der Waals surface area contributed by atoms with E-state index in [0.29, 0.717) is 30.3 Å². The molecule has 224 valence electrons. The Kier molecular flexibility index (Phi) is 8.60. The van der Waals surface area contributed by atoms with Gasteiger partial charge in [-0.3, -0.25) is 24.0 Å². The van der Waals surface area contributed by atoms with Crippen molar-refractivity contribution < 1.29 is 26.0 Å². The second-order valence-corrected chi connectivity index (χ2v) is 12.6. The minimum atomic E-state index is -4.61. The maximum Gasteiger partial charge on any atom is 0.390 e. The highest BCUT2D eigenvalue weighted by molar-refractivity contribution is 7.92. The van der Waals surface area contributed by atoms with Gasteiger partial charge in [-0.25, -0.2) is 17.8 Å². The van der Waals surface area contributed by atoms with Crippen molar-refractivity contribution in [3.63, 3.8) is 0 Å². The molecule has 2 atom stereocenters. The van der Waals surface area contributed by atoms with Gasteiger partial charge in [-0.15, -0.1) is 0 Å². The number of fused-ring (bicyclic) bond motifs is 1. The van der Waals surface area contributed by atoms with E-state index in [9.17, 15) is 30.8 Å². The molecule has 15 heteroatoms. The SMILES string of the molecule is CC(C)n1c(=O)c(-c2ccc(NS(=O)(=O)CCC(F)(F)F)cn2)cc2cnc(N[C@]3(N(C)C)CCC[C@@H](F)C3)nc21. The molecule has 0 amide bonds. The van der Waals surface area contributed by atoms with E-state index in [1.807, 2.05) is 32.8 Å². The van der Waals surface area contributed by atoms with Gasteiger partial charge in [0.2, 0.25) is 16.0 Å². The smallest absolute Gasteiger partial charge is 0.336 e. The Balaban J connectivity index is 1.66. The first-order valence-corrected chi connectivity index (χ1v) is 14.8. The van der Waals surface area contributed by atoms with Crippen molar-refractivity contribution in [3.8, 4) is 11.3 Å². The molecule has 0 radical (unpaired) electrons. The normalized spacial score (nSPS) is 20.1. The Hall–Kier alpha value is -3.33. The predicted octanol–water partition coefficient (Wildman–Crippen LogP) is 4.71. The first-order chi connectivity index (χ1) is 19.1. The highest BCUT2D eigenvalue weighted by atomic mass is 32.2. The van der Waals surface area contributed by atoms with Gasteiger partial charge >= 0.3 is 6.18 Å². The fourth-order valence-electron chi connectivity index (χ4n) is 4.96. The lowest BCUT2D eigenvalue weighted by atomic mass is 9.86. The zero-order valence-electron chi connectivity index (χ0n) is 23.2. The summed E-state index contributed by atoms with van der Waals surface area (Å²) in [5, 5.41) is 3.85. The van der Waals surface area contributed by atoms with Crippen molar-refractivity contribution >= 4 is 32.7 Å². The number of hydrogen-bond acceptors (Lipinski definition) is 8. The van der Waals surface area contributed by atoms with Crippen LogP contribution in [-0.2, 0) is 10.0 Å². The molecule has 10 nitrogen and oxygen atoms in total. The molecule has 0 aliphatic heterocycles. The molecule has 1 aliphatic rings. The molecule has 41 heavy (non-hydrogen) atoms. The number of nitrogens with zero attached hydrogens (tertiary/aromatic N) is 5. The van der Waals surface area contributed by atoms with Gasteiger partial charge in [-0.2, -0.15) is 18.2 Å². The first kappa shape index (κ1) is 30.6. The van der Waals surface area contributed by atoms with Crippen LogP contribution in [0, 0.1) is 0 Å². The number of halogens is 4. The number of aromatic nitrogens is 4. The van der Waals surface area contributed by atoms with Crippen molar-refractivity contribution in [1.82, 2.24) is 24.4 Å². The van der Waals surface area contributed by atoms with Gasteiger partial charge in [-0.05, 0) is 65.4 Å². The van der Waals surface area contributed by atoms with Crippen LogP contribution in [0.5, 0.6) is 0 Å². The molecule has 1 saturated carbocycles. The highest BCUT2D eigenvalue weighted by Crippen LogP contribution is 2.34. The largest absolute Gasteiger partial charge is 0.390 e. The van der Waals surface area contributed by atoms with Crippen LogP contribution in [0.25, 0.3) is 22.3 Å². The van der Waals surface area contributed by atoms with Crippen LogP contribution < -0.4 is 15.6 Å². The van der Waals surface area contributed by atoms with E-state index >= 15 is 0 Å². The number of anilines is 2. The topological polar surface area (TPSA) is 122 Å². The van der Waals surface area contributed by atoms with Crippen molar-refractivity contribution in [2.24, 2.45) is 0 Å². The fourth-order valence-corrected chi connectivity index (χ4v) is 6.05. The standard InChI is InChI=1S/C26H33F4N7O3S/c1-16(2)37-22-17(14-32-24(33-22)34-25(36(3)4)9-5-6-18(27)13-25)12-20(23(37)38)21-8-7-19(15-31-21)35-41(39,40)11-10-26(28,29)30/h7-8,12,14-16,18,35H,5-6,9-11,13H2,1-4H3,(H,32,33,34)/t18-,25+/m1/s1. The van der Waals surface area contributed by atoms with Crippen LogP contribution in [0.4, 0.5) is 29.2 Å². The molecule has 0 spiro atoms. The van der Waals surface area contributed by atoms with Crippen LogP contribution >= 0.6 is 0 Å². The molecule has 3 heterocycles. The summed E-state index contributed by atoms with van der Waals surface area (Å²) in [6, 6.07) is 4.00. The number of sulfonamides is 1. The van der Waals surface area contributed by atoms with Crippen LogP contribution in [-0.4, -0.2) is 70.7 Å². The van der Waals surface area contributed by atoms with Crippen molar-refractivity contribution in [1.29, 1.82) is 0 Å². The summed E-state index contributed by atoms with van der Waals surface area (Å²) >= 11 is 0. The van der Waals surface area contributed by atoms with Crippen molar-refractivity contribution in [2.45, 2.75) is 70.0 Å². The van der Waals surface area contributed by atoms with Crippen LogP contribution in [0.3, 0.4) is 0 Å². The number of hydrogen-bond donors (Lipinski definition) is 2. The second kappa shape index (κ2) is 11.5. The summed E-state index contributed by atoms with van der Waals surface area (Å²) in [4.78, 5) is 28.8. The fraction of sp³-hybridized carbons (Fsp3) is 0.538. The third kappa shape index (κ3) is 7.12. The van der Waals surface area contributed by atoms with E-state index in [1.54, 1.807) is 12.3 Å². The molecule has 4 rings (SSSR count). The van der Waals surface area contributed by atoms with E-state index in [-0.39, 0.29) is 35.4 Å². The molecular formula is C26H33F4N7O3S. The third-order valence-electron chi connectivity index (χ3n) is 7.12. The summed E-state index contributed by atoms with van der Waals surface area (Å²) in [7, 11) is -0.512. The van der Waals surface area contributed by atoms with Crippen LogP contribution in [0.1, 0.15) is 52.0 Å². The van der Waals surface area contributed by atoms with E-state index < -0.39 is 45.8 Å². The van der Waals surface area contributed by atoms with Gasteiger partial charge in [0.05, 0.1) is 41.0 Å². The molecular weight excluding hydrogens is 566 g/mol. The molecule has 3 aromatic heterocycles. The molecule has 1 fully saturated rings. The predicted molar refractivity (Wildman–Crippen MR) is 149 cm³/mol. The highest BCUT2D eigenvalue weighted by Gasteiger charge is 2.39. The molecule has 0 unspecified atom stereocenters. The lowest BCUT2D eigenvalue weighted by molar-refractivity contribution is -0.129. The molecule has 0 saturated heterocycles. The molecule has 0 bridgehead atoms.